The quantitative estimate of drug-likeness (QED) is 0.618. The third-order valence-electron chi connectivity index (χ3n) is 5.64. The fourth-order valence-electron chi connectivity index (χ4n) is 4.36. The summed E-state index contributed by atoms with van der Waals surface area (Å²) in [4.78, 5) is 37.1. The molecule has 0 saturated carbocycles. The molecule has 2 unspecified atom stereocenters. The van der Waals surface area contributed by atoms with Gasteiger partial charge in [0.25, 0.3) is 11.6 Å². The monoisotopic (exact) mass is 393 g/mol. The number of fused-ring (bicyclic) bond motifs is 4. The molecule has 2 aromatic rings. The summed E-state index contributed by atoms with van der Waals surface area (Å²) < 4.78 is 1.57. The maximum absolute atomic E-state index is 13.1. The molecule has 8 heteroatoms. The van der Waals surface area contributed by atoms with Gasteiger partial charge in [-0.1, -0.05) is 23.9 Å². The number of hydrogen-bond acceptors (Lipinski definition) is 6. The molecule has 1 aromatic carbocycles. The Kier molecular flexibility index (Phi) is 3.60. The summed E-state index contributed by atoms with van der Waals surface area (Å²) in [6.07, 6.45) is 2.65. The van der Waals surface area contributed by atoms with E-state index in [0.29, 0.717) is 29.0 Å². The minimum Gasteiger partial charge on any atom is -0.393 e. The molecule has 0 saturated heterocycles. The Morgan fingerprint density at radius 1 is 1.11 bits per heavy atom. The molecular formula is C20H15N3O4S. The topological polar surface area (TPSA) is 108 Å². The van der Waals surface area contributed by atoms with E-state index in [9.17, 15) is 19.7 Å². The number of nitrogens with two attached hydrogens (primary N) is 1. The first-order valence-electron chi connectivity index (χ1n) is 8.85. The molecular weight excluding hydrogens is 378 g/mol. The molecule has 0 fully saturated rings. The van der Waals surface area contributed by atoms with E-state index in [1.165, 1.54) is 23.9 Å². The number of ketones is 1. The van der Waals surface area contributed by atoms with E-state index in [-0.39, 0.29) is 29.2 Å². The van der Waals surface area contributed by atoms with Gasteiger partial charge in [-0.2, -0.15) is 0 Å². The first-order valence-corrected chi connectivity index (χ1v) is 9.67. The molecule has 28 heavy (non-hydrogen) atoms. The summed E-state index contributed by atoms with van der Waals surface area (Å²) in [5.74, 6) is -0.594. The normalized spacial score (nSPS) is 23.6. The van der Waals surface area contributed by atoms with Crippen LogP contribution in [-0.4, -0.2) is 21.2 Å². The molecule has 0 bridgehead atoms. The zero-order valence-electron chi connectivity index (χ0n) is 14.6. The van der Waals surface area contributed by atoms with Crippen LogP contribution in [0.3, 0.4) is 0 Å². The van der Waals surface area contributed by atoms with E-state index in [4.69, 9.17) is 5.73 Å². The van der Waals surface area contributed by atoms with Gasteiger partial charge in [-0.25, -0.2) is 0 Å². The van der Waals surface area contributed by atoms with Crippen LogP contribution in [0.15, 0.2) is 63.7 Å². The minimum absolute atomic E-state index is 0.00885. The third kappa shape index (κ3) is 2.31. The number of rotatable bonds is 2. The van der Waals surface area contributed by atoms with Gasteiger partial charge >= 0.3 is 0 Å². The van der Waals surface area contributed by atoms with Gasteiger partial charge in [0.1, 0.15) is 0 Å². The number of non-ortho nitro benzene ring substituents is 1. The molecule has 2 N–H and O–H groups in total. The zero-order valence-corrected chi connectivity index (χ0v) is 15.4. The number of Topliss-reactive ketones (excluding diaryl/α,β-unsaturated/α-hetero) is 1. The first-order chi connectivity index (χ1) is 13.5. The lowest BCUT2D eigenvalue weighted by atomic mass is 9.77. The van der Waals surface area contributed by atoms with Crippen molar-refractivity contribution in [1.29, 1.82) is 0 Å². The second-order valence-electron chi connectivity index (χ2n) is 7.14. The Bertz CT molecular complexity index is 1130. The number of carbonyl (C=O) groups excluding carboxylic acids is 2. The highest BCUT2D eigenvalue weighted by Gasteiger charge is 2.46. The van der Waals surface area contributed by atoms with Crippen molar-refractivity contribution in [3.8, 4) is 0 Å². The highest BCUT2D eigenvalue weighted by atomic mass is 32.2. The van der Waals surface area contributed by atoms with E-state index in [2.05, 4.69) is 0 Å². The largest absolute Gasteiger partial charge is 0.393 e. The Labute approximate surface area is 164 Å². The highest BCUT2D eigenvalue weighted by molar-refractivity contribution is 8.06. The summed E-state index contributed by atoms with van der Waals surface area (Å²) in [7, 11) is 0. The molecule has 3 aliphatic rings. The average molecular weight is 393 g/mol. The van der Waals surface area contributed by atoms with Crippen LogP contribution in [-0.2, 0) is 4.79 Å². The summed E-state index contributed by atoms with van der Waals surface area (Å²) in [5, 5.41) is 11.3. The standard InChI is InChI=1S/C20H15N3O4S/c21-19-18-16(13-2-1-7-22(13)20(18)25)17-14(24)8-11(9-15(17)28-19)10-3-5-12(6-4-10)23(26)27/h1-7,11,16H,8-9,21H2. The predicted octanol–water partition coefficient (Wildman–Crippen LogP) is 3.45. The number of carbonyl (C=O) groups is 2. The highest BCUT2D eigenvalue weighted by Crippen LogP contribution is 2.54. The SMILES string of the molecule is NC1=C2C(=O)n3cccc3C2C2=C(CC(c3ccc([N+](=O)[O-])cc3)CC2=O)S1. The van der Waals surface area contributed by atoms with Gasteiger partial charge in [-0.3, -0.25) is 24.3 Å². The number of benzene rings is 1. The Balaban J connectivity index is 1.53. The predicted molar refractivity (Wildman–Crippen MR) is 104 cm³/mol. The van der Waals surface area contributed by atoms with Gasteiger partial charge in [-0.15, -0.1) is 0 Å². The van der Waals surface area contributed by atoms with E-state index >= 15 is 0 Å². The lowest BCUT2D eigenvalue weighted by molar-refractivity contribution is -0.384. The van der Waals surface area contributed by atoms with Gasteiger partial charge < -0.3 is 5.73 Å². The van der Waals surface area contributed by atoms with Crippen LogP contribution in [0.1, 0.15) is 40.7 Å². The Hall–Kier alpha value is -3.13. The van der Waals surface area contributed by atoms with Crippen LogP contribution in [0.2, 0.25) is 0 Å². The van der Waals surface area contributed by atoms with E-state index in [1.54, 1.807) is 29.0 Å². The summed E-state index contributed by atoms with van der Waals surface area (Å²) in [6, 6.07) is 10.0. The number of thioether (sulfide) groups is 1. The number of hydrogen-bond donors (Lipinski definition) is 1. The zero-order chi connectivity index (χ0) is 19.6. The lowest BCUT2D eigenvalue weighted by Gasteiger charge is -2.32. The van der Waals surface area contributed by atoms with Gasteiger partial charge in [0.05, 0.1) is 21.4 Å². The number of aromatic nitrogens is 1. The van der Waals surface area contributed by atoms with Gasteiger partial charge in [0, 0.05) is 36.0 Å². The maximum Gasteiger partial charge on any atom is 0.269 e. The Morgan fingerprint density at radius 3 is 2.57 bits per heavy atom. The van der Waals surface area contributed by atoms with Crippen molar-refractivity contribution >= 4 is 29.1 Å². The molecule has 1 aliphatic carbocycles. The van der Waals surface area contributed by atoms with Crippen molar-refractivity contribution < 1.29 is 14.5 Å². The molecule has 0 amide bonds. The fraction of sp³-hybridized carbons (Fsp3) is 0.200. The van der Waals surface area contributed by atoms with Crippen molar-refractivity contribution in [2.45, 2.75) is 24.7 Å². The van der Waals surface area contributed by atoms with E-state index in [1.807, 2.05) is 6.07 Å². The average Bonchev–Trinajstić information content (AvgIpc) is 3.25. The molecule has 2 aliphatic heterocycles. The molecule has 1 aromatic heterocycles. The summed E-state index contributed by atoms with van der Waals surface area (Å²) in [5.41, 5.74) is 9.12. The van der Waals surface area contributed by atoms with Crippen LogP contribution in [0.5, 0.6) is 0 Å². The number of nitro benzene ring substituents is 1. The van der Waals surface area contributed by atoms with Gasteiger partial charge in [0.15, 0.2) is 5.78 Å². The molecule has 3 heterocycles. The number of nitrogens with zero attached hydrogens (tertiary/aromatic N) is 2. The third-order valence-corrected chi connectivity index (χ3v) is 6.71. The van der Waals surface area contributed by atoms with Crippen molar-refractivity contribution in [1.82, 2.24) is 4.57 Å². The van der Waals surface area contributed by atoms with Crippen molar-refractivity contribution in [3.63, 3.8) is 0 Å². The van der Waals surface area contributed by atoms with Crippen LogP contribution in [0.25, 0.3) is 0 Å². The van der Waals surface area contributed by atoms with Crippen LogP contribution in [0, 0.1) is 10.1 Å². The molecule has 2 atom stereocenters. The minimum atomic E-state index is -0.438. The molecule has 7 nitrogen and oxygen atoms in total. The molecule has 5 rings (SSSR count). The maximum atomic E-state index is 13.1. The fourth-order valence-corrected chi connectivity index (χ4v) is 5.57. The molecule has 0 spiro atoms. The number of allylic oxidation sites excluding steroid dienone is 3. The van der Waals surface area contributed by atoms with E-state index in [0.717, 1.165) is 16.2 Å². The van der Waals surface area contributed by atoms with E-state index < -0.39 is 4.92 Å². The van der Waals surface area contributed by atoms with Crippen molar-refractivity contribution in [2.75, 3.05) is 0 Å². The lowest BCUT2D eigenvalue weighted by Crippen LogP contribution is -2.26. The molecule has 0 radical (unpaired) electrons. The van der Waals surface area contributed by atoms with Gasteiger partial charge in [0.2, 0.25) is 0 Å². The second kappa shape index (κ2) is 5.93. The van der Waals surface area contributed by atoms with Crippen LogP contribution < -0.4 is 5.73 Å². The second-order valence-corrected chi connectivity index (χ2v) is 8.27. The molecule has 140 valence electrons. The van der Waals surface area contributed by atoms with Crippen molar-refractivity contribution in [2.24, 2.45) is 5.73 Å². The van der Waals surface area contributed by atoms with Crippen LogP contribution >= 0.6 is 11.8 Å². The Morgan fingerprint density at radius 2 is 1.86 bits per heavy atom. The first kappa shape index (κ1) is 17.0. The van der Waals surface area contributed by atoms with Crippen molar-refractivity contribution in [3.05, 3.63) is 85.0 Å². The number of nitro groups is 1. The van der Waals surface area contributed by atoms with Gasteiger partial charge in [-0.05, 0) is 34.9 Å². The summed E-state index contributed by atoms with van der Waals surface area (Å²) in [6.45, 7) is 0. The van der Waals surface area contributed by atoms with Crippen LogP contribution in [0.4, 0.5) is 5.69 Å². The smallest absolute Gasteiger partial charge is 0.269 e. The summed E-state index contributed by atoms with van der Waals surface area (Å²) >= 11 is 1.31.